The molecule has 31 heavy (non-hydrogen) atoms. The largest absolute Gasteiger partial charge is 0.462 e. The van der Waals surface area contributed by atoms with Gasteiger partial charge in [-0.3, -0.25) is 0 Å². The van der Waals surface area contributed by atoms with E-state index >= 15 is 0 Å². The number of benzene rings is 3. The van der Waals surface area contributed by atoms with Gasteiger partial charge in [0.05, 0.1) is 24.1 Å². The first kappa shape index (κ1) is 19.2. The van der Waals surface area contributed by atoms with Gasteiger partial charge in [-0.15, -0.1) is 0 Å². The van der Waals surface area contributed by atoms with Gasteiger partial charge in [0.25, 0.3) is 0 Å². The zero-order valence-corrected chi connectivity index (χ0v) is 17.7. The van der Waals surface area contributed by atoms with Crippen molar-refractivity contribution >= 4 is 22.3 Å². The molecule has 152 valence electrons. The first-order chi connectivity index (χ1) is 15.2. The van der Waals surface area contributed by atoms with Crippen molar-refractivity contribution in [1.82, 2.24) is 14.6 Å². The monoisotopic (exact) mass is 425 g/mol. The second-order valence-corrected chi connectivity index (χ2v) is 7.94. The quantitative estimate of drug-likeness (QED) is 0.326. The summed E-state index contributed by atoms with van der Waals surface area (Å²) >= 11 is 1.55. The Morgan fingerprint density at radius 1 is 0.871 bits per heavy atom. The minimum atomic E-state index is -0.317. The van der Waals surface area contributed by atoms with Crippen LogP contribution in [0.25, 0.3) is 37.9 Å². The van der Waals surface area contributed by atoms with Crippen LogP contribution in [0.15, 0.2) is 85.1 Å². The summed E-state index contributed by atoms with van der Waals surface area (Å²) in [6.07, 6.45) is 1.81. The van der Waals surface area contributed by atoms with Crippen LogP contribution >= 0.6 is 11.3 Å². The Balaban J connectivity index is 1.44. The average Bonchev–Trinajstić information content (AvgIpc) is 3.41. The number of nitrogens with zero attached hydrogens (tertiary/aromatic N) is 3. The van der Waals surface area contributed by atoms with Gasteiger partial charge in [0.1, 0.15) is 5.01 Å². The lowest BCUT2D eigenvalue weighted by molar-refractivity contribution is 0.0526. The lowest BCUT2D eigenvalue weighted by Gasteiger charge is -2.03. The molecule has 0 bridgehead atoms. The number of aromatic nitrogens is 3. The van der Waals surface area contributed by atoms with Gasteiger partial charge in [0.2, 0.25) is 4.96 Å². The summed E-state index contributed by atoms with van der Waals surface area (Å²) in [4.78, 5) is 17.2. The molecule has 0 unspecified atom stereocenters. The topological polar surface area (TPSA) is 56.5 Å². The van der Waals surface area contributed by atoms with Crippen LogP contribution in [0, 0.1) is 0 Å². The van der Waals surface area contributed by atoms with E-state index < -0.39 is 0 Å². The molecule has 3 aromatic carbocycles. The number of rotatable bonds is 5. The zero-order valence-electron chi connectivity index (χ0n) is 16.9. The van der Waals surface area contributed by atoms with Crippen molar-refractivity contribution in [3.8, 4) is 33.0 Å². The molecule has 0 spiro atoms. The molecule has 0 atom stereocenters. The van der Waals surface area contributed by atoms with Crippen LogP contribution in [0.5, 0.6) is 0 Å². The van der Waals surface area contributed by atoms with Gasteiger partial charge in [-0.1, -0.05) is 78.1 Å². The predicted molar refractivity (Wildman–Crippen MR) is 123 cm³/mol. The van der Waals surface area contributed by atoms with E-state index in [-0.39, 0.29) is 5.97 Å². The molecule has 0 amide bonds. The summed E-state index contributed by atoms with van der Waals surface area (Å²) in [6.45, 7) is 2.15. The molecule has 5 aromatic rings. The van der Waals surface area contributed by atoms with E-state index in [4.69, 9.17) is 9.84 Å². The third-order valence-electron chi connectivity index (χ3n) is 5.02. The summed E-state index contributed by atoms with van der Waals surface area (Å²) in [5.41, 5.74) is 5.78. The Bertz CT molecular complexity index is 1340. The highest BCUT2D eigenvalue weighted by Gasteiger charge is 2.14. The van der Waals surface area contributed by atoms with Crippen LogP contribution in [0.2, 0.25) is 0 Å². The minimum absolute atomic E-state index is 0.317. The van der Waals surface area contributed by atoms with E-state index in [1.54, 1.807) is 36.6 Å². The summed E-state index contributed by atoms with van der Waals surface area (Å²) < 4.78 is 6.90. The molecular weight excluding hydrogens is 406 g/mol. The number of carbonyl (C=O) groups is 1. The van der Waals surface area contributed by atoms with E-state index in [2.05, 4.69) is 41.4 Å². The van der Waals surface area contributed by atoms with E-state index in [1.165, 1.54) is 11.1 Å². The van der Waals surface area contributed by atoms with Crippen LogP contribution in [0.1, 0.15) is 17.3 Å². The normalized spacial score (nSPS) is 11.0. The number of esters is 1. The van der Waals surface area contributed by atoms with Gasteiger partial charge >= 0.3 is 5.97 Å². The fourth-order valence-corrected chi connectivity index (χ4v) is 4.31. The molecule has 0 radical (unpaired) electrons. The second-order valence-electron chi connectivity index (χ2n) is 6.99. The third-order valence-corrected chi connectivity index (χ3v) is 5.99. The summed E-state index contributed by atoms with van der Waals surface area (Å²) in [7, 11) is 0. The minimum Gasteiger partial charge on any atom is -0.462 e. The molecular formula is C25H19N3O2S. The molecule has 0 aliphatic carbocycles. The first-order valence-electron chi connectivity index (χ1n) is 10.0. The standard InChI is InChI=1S/C25H19N3O2S/c1-2-30-24(29)21-14-10-19(11-15-21)22-16-26-25-28(22)27-23(31-25)20-12-8-18(9-13-20)17-6-4-3-5-7-17/h3-16H,2H2,1H3. The molecule has 0 N–H and O–H groups in total. The predicted octanol–water partition coefficient (Wildman–Crippen LogP) is 5.97. The van der Waals surface area contributed by atoms with Crippen molar-refractivity contribution in [3.63, 3.8) is 0 Å². The highest BCUT2D eigenvalue weighted by Crippen LogP contribution is 2.31. The molecule has 0 saturated heterocycles. The molecule has 0 saturated carbocycles. The van der Waals surface area contributed by atoms with Gasteiger partial charge in [0.15, 0.2) is 0 Å². The van der Waals surface area contributed by atoms with Crippen LogP contribution in [-0.4, -0.2) is 27.2 Å². The second kappa shape index (κ2) is 8.16. The number of ether oxygens (including phenoxy) is 1. The smallest absolute Gasteiger partial charge is 0.338 e. The number of hydrogen-bond donors (Lipinski definition) is 0. The maximum Gasteiger partial charge on any atom is 0.338 e. The van der Waals surface area contributed by atoms with E-state index in [0.29, 0.717) is 12.2 Å². The van der Waals surface area contributed by atoms with E-state index in [0.717, 1.165) is 26.8 Å². The number of fused-ring (bicyclic) bond motifs is 1. The Labute approximate surface area is 183 Å². The molecule has 0 aliphatic rings. The summed E-state index contributed by atoms with van der Waals surface area (Å²) in [6, 6.07) is 26.0. The number of hydrogen-bond acceptors (Lipinski definition) is 5. The third kappa shape index (κ3) is 3.73. The van der Waals surface area contributed by atoms with Crippen molar-refractivity contribution in [1.29, 1.82) is 0 Å². The highest BCUT2D eigenvalue weighted by molar-refractivity contribution is 7.19. The van der Waals surface area contributed by atoms with Crippen molar-refractivity contribution < 1.29 is 9.53 Å². The molecule has 0 fully saturated rings. The highest BCUT2D eigenvalue weighted by atomic mass is 32.1. The maximum atomic E-state index is 11.9. The summed E-state index contributed by atoms with van der Waals surface area (Å²) in [5, 5.41) is 5.70. The molecule has 0 aliphatic heterocycles. The van der Waals surface area contributed by atoms with Gasteiger partial charge < -0.3 is 4.74 Å². The Hall–Kier alpha value is -3.77. The van der Waals surface area contributed by atoms with Crippen LogP contribution in [0.3, 0.4) is 0 Å². The molecule has 2 heterocycles. The fourth-order valence-electron chi connectivity index (χ4n) is 3.43. The van der Waals surface area contributed by atoms with Crippen LogP contribution in [0.4, 0.5) is 0 Å². The van der Waals surface area contributed by atoms with Gasteiger partial charge in [-0.05, 0) is 30.2 Å². The molecule has 5 rings (SSSR count). The number of imidazole rings is 1. The van der Waals surface area contributed by atoms with Gasteiger partial charge in [-0.2, -0.15) is 5.10 Å². The molecule has 6 heteroatoms. The van der Waals surface area contributed by atoms with Gasteiger partial charge in [0, 0.05) is 11.1 Å². The zero-order chi connectivity index (χ0) is 21.2. The maximum absolute atomic E-state index is 11.9. The number of carbonyl (C=O) groups excluding carboxylic acids is 1. The van der Waals surface area contributed by atoms with Crippen LogP contribution in [-0.2, 0) is 4.74 Å². The average molecular weight is 426 g/mol. The Kier molecular flexibility index (Phi) is 5.06. The van der Waals surface area contributed by atoms with Crippen molar-refractivity contribution in [2.24, 2.45) is 0 Å². The van der Waals surface area contributed by atoms with E-state index in [9.17, 15) is 4.79 Å². The Morgan fingerprint density at radius 3 is 2.23 bits per heavy atom. The van der Waals surface area contributed by atoms with Crippen LogP contribution < -0.4 is 0 Å². The van der Waals surface area contributed by atoms with Crippen molar-refractivity contribution in [2.75, 3.05) is 6.61 Å². The lowest BCUT2D eigenvalue weighted by Crippen LogP contribution is -2.04. The fraction of sp³-hybridized carbons (Fsp3) is 0.0800. The molecule has 5 nitrogen and oxygen atoms in total. The van der Waals surface area contributed by atoms with Crippen molar-refractivity contribution in [2.45, 2.75) is 6.92 Å². The summed E-state index contributed by atoms with van der Waals surface area (Å²) in [5.74, 6) is -0.317. The lowest BCUT2D eigenvalue weighted by atomic mass is 10.0. The van der Waals surface area contributed by atoms with E-state index in [1.807, 2.05) is 34.8 Å². The molecule has 2 aromatic heterocycles. The van der Waals surface area contributed by atoms with Crippen molar-refractivity contribution in [3.05, 3.63) is 90.6 Å². The Morgan fingerprint density at radius 2 is 1.52 bits per heavy atom. The first-order valence-corrected chi connectivity index (χ1v) is 10.8. The SMILES string of the molecule is CCOC(=O)c1ccc(-c2cnc3sc(-c4ccc(-c5ccccc5)cc4)nn23)cc1. The van der Waals surface area contributed by atoms with Gasteiger partial charge in [-0.25, -0.2) is 14.3 Å².